The van der Waals surface area contributed by atoms with E-state index >= 15 is 0 Å². The molecule has 0 radical (unpaired) electrons. The van der Waals surface area contributed by atoms with Crippen LogP contribution in [-0.2, 0) is 4.84 Å². The van der Waals surface area contributed by atoms with E-state index in [1.807, 2.05) is 6.07 Å². The molecular weight excluding hydrogens is 168 g/mol. The lowest BCUT2D eigenvalue weighted by Crippen LogP contribution is -2.16. The SMILES string of the molecule is CNOC(=O)c1ccccc1C#N. The fourth-order valence-corrected chi connectivity index (χ4v) is 0.906. The molecule has 0 atom stereocenters. The van der Waals surface area contributed by atoms with E-state index in [1.165, 1.54) is 13.1 Å². The van der Waals surface area contributed by atoms with E-state index in [9.17, 15) is 4.79 Å². The fourth-order valence-electron chi connectivity index (χ4n) is 0.906. The largest absolute Gasteiger partial charge is 0.367 e. The molecule has 1 aromatic rings. The molecule has 0 amide bonds. The van der Waals surface area contributed by atoms with Crippen molar-refractivity contribution in [1.82, 2.24) is 5.48 Å². The van der Waals surface area contributed by atoms with E-state index in [1.54, 1.807) is 18.2 Å². The van der Waals surface area contributed by atoms with E-state index < -0.39 is 5.97 Å². The van der Waals surface area contributed by atoms with Gasteiger partial charge in [0.1, 0.15) is 6.07 Å². The van der Waals surface area contributed by atoms with Gasteiger partial charge in [0.15, 0.2) is 0 Å². The molecule has 0 saturated carbocycles. The van der Waals surface area contributed by atoms with Crippen molar-refractivity contribution in [2.45, 2.75) is 0 Å². The van der Waals surface area contributed by atoms with Gasteiger partial charge in [0.25, 0.3) is 0 Å². The number of hydrogen-bond donors (Lipinski definition) is 1. The normalized spacial score (nSPS) is 8.92. The molecule has 1 rings (SSSR count). The van der Waals surface area contributed by atoms with E-state index in [0.717, 1.165) is 0 Å². The summed E-state index contributed by atoms with van der Waals surface area (Å²) in [5.41, 5.74) is 2.83. The Hall–Kier alpha value is -1.86. The number of nitrogens with one attached hydrogen (secondary N) is 1. The zero-order valence-corrected chi connectivity index (χ0v) is 7.07. The van der Waals surface area contributed by atoms with Gasteiger partial charge in [-0.25, -0.2) is 4.79 Å². The van der Waals surface area contributed by atoms with Gasteiger partial charge in [0.2, 0.25) is 0 Å². The first-order valence-corrected chi connectivity index (χ1v) is 3.66. The Labute approximate surface area is 75.7 Å². The molecule has 0 unspecified atom stereocenters. The number of hydroxylamine groups is 1. The van der Waals surface area contributed by atoms with E-state index in [2.05, 4.69) is 10.3 Å². The predicted molar refractivity (Wildman–Crippen MR) is 45.6 cm³/mol. The minimum absolute atomic E-state index is 0.263. The summed E-state index contributed by atoms with van der Waals surface area (Å²) >= 11 is 0. The van der Waals surface area contributed by atoms with Crippen molar-refractivity contribution >= 4 is 5.97 Å². The molecule has 4 heteroatoms. The highest BCUT2D eigenvalue weighted by Gasteiger charge is 2.10. The Bertz CT molecular complexity index is 355. The number of hydrogen-bond acceptors (Lipinski definition) is 4. The summed E-state index contributed by atoms with van der Waals surface area (Å²) in [6.07, 6.45) is 0. The van der Waals surface area contributed by atoms with Crippen LogP contribution in [0, 0.1) is 11.3 Å². The Morgan fingerprint density at radius 2 is 2.23 bits per heavy atom. The topological polar surface area (TPSA) is 62.1 Å². The summed E-state index contributed by atoms with van der Waals surface area (Å²) in [7, 11) is 1.48. The Morgan fingerprint density at radius 3 is 2.85 bits per heavy atom. The zero-order chi connectivity index (χ0) is 9.68. The first-order valence-electron chi connectivity index (χ1n) is 3.66. The second-order valence-electron chi connectivity index (χ2n) is 2.25. The summed E-state index contributed by atoms with van der Waals surface area (Å²) in [5, 5.41) is 8.66. The van der Waals surface area contributed by atoms with Crippen molar-refractivity contribution < 1.29 is 9.63 Å². The number of benzene rings is 1. The van der Waals surface area contributed by atoms with Gasteiger partial charge in [-0.15, -0.1) is 0 Å². The lowest BCUT2D eigenvalue weighted by molar-refractivity contribution is 0.0309. The first kappa shape index (κ1) is 9.23. The lowest BCUT2D eigenvalue weighted by atomic mass is 10.1. The number of rotatable bonds is 2. The third-order valence-corrected chi connectivity index (χ3v) is 1.46. The Morgan fingerprint density at radius 1 is 1.54 bits per heavy atom. The van der Waals surface area contributed by atoms with Crippen molar-refractivity contribution in [2.24, 2.45) is 0 Å². The average Bonchev–Trinajstić information content (AvgIpc) is 2.18. The Kier molecular flexibility index (Phi) is 3.01. The van der Waals surface area contributed by atoms with E-state index in [-0.39, 0.29) is 5.56 Å². The monoisotopic (exact) mass is 176 g/mol. The number of carbonyl (C=O) groups is 1. The minimum Gasteiger partial charge on any atom is -0.367 e. The second kappa shape index (κ2) is 4.24. The van der Waals surface area contributed by atoms with Crippen LogP contribution in [0.25, 0.3) is 0 Å². The molecular formula is C9H8N2O2. The van der Waals surface area contributed by atoms with Gasteiger partial charge in [-0.05, 0) is 12.1 Å². The number of nitriles is 1. The van der Waals surface area contributed by atoms with Gasteiger partial charge in [-0.3, -0.25) is 0 Å². The quantitative estimate of drug-likeness (QED) is 0.678. The zero-order valence-electron chi connectivity index (χ0n) is 7.07. The van der Waals surface area contributed by atoms with Crippen LogP contribution in [0.5, 0.6) is 0 Å². The number of nitrogens with zero attached hydrogens (tertiary/aromatic N) is 1. The maximum absolute atomic E-state index is 11.2. The second-order valence-corrected chi connectivity index (χ2v) is 2.25. The summed E-state index contributed by atoms with van der Waals surface area (Å²) in [6.45, 7) is 0. The van der Waals surface area contributed by atoms with Crippen molar-refractivity contribution in [3.63, 3.8) is 0 Å². The molecule has 0 spiro atoms. The maximum Gasteiger partial charge on any atom is 0.358 e. The van der Waals surface area contributed by atoms with Crippen LogP contribution in [0.1, 0.15) is 15.9 Å². The van der Waals surface area contributed by atoms with Crippen LogP contribution in [0.4, 0.5) is 0 Å². The lowest BCUT2D eigenvalue weighted by Gasteiger charge is -2.01. The molecule has 4 nitrogen and oxygen atoms in total. The molecule has 0 aliphatic carbocycles. The fraction of sp³-hybridized carbons (Fsp3) is 0.111. The van der Waals surface area contributed by atoms with Gasteiger partial charge in [0.05, 0.1) is 11.1 Å². The van der Waals surface area contributed by atoms with Gasteiger partial charge >= 0.3 is 5.97 Å². The van der Waals surface area contributed by atoms with Crippen LogP contribution in [-0.4, -0.2) is 13.0 Å². The van der Waals surface area contributed by atoms with E-state index in [4.69, 9.17) is 5.26 Å². The van der Waals surface area contributed by atoms with Crippen molar-refractivity contribution in [3.8, 4) is 6.07 Å². The summed E-state index contributed by atoms with van der Waals surface area (Å²) in [6, 6.07) is 8.37. The molecule has 0 bridgehead atoms. The smallest absolute Gasteiger partial charge is 0.358 e. The molecule has 0 aromatic heterocycles. The molecule has 0 saturated heterocycles. The summed E-state index contributed by atoms with van der Waals surface area (Å²) < 4.78 is 0. The van der Waals surface area contributed by atoms with Gasteiger partial charge in [0, 0.05) is 7.05 Å². The molecule has 0 aliphatic heterocycles. The van der Waals surface area contributed by atoms with Crippen LogP contribution in [0.3, 0.4) is 0 Å². The maximum atomic E-state index is 11.2. The van der Waals surface area contributed by atoms with Gasteiger partial charge < -0.3 is 4.84 Å². The molecule has 0 fully saturated rings. The van der Waals surface area contributed by atoms with Crippen molar-refractivity contribution in [3.05, 3.63) is 35.4 Å². The minimum atomic E-state index is -0.556. The molecule has 1 aromatic carbocycles. The molecule has 0 aliphatic rings. The predicted octanol–water partition coefficient (Wildman–Crippen LogP) is 0.849. The first-order chi connectivity index (χ1) is 6.29. The van der Waals surface area contributed by atoms with Crippen LogP contribution < -0.4 is 5.48 Å². The van der Waals surface area contributed by atoms with Crippen molar-refractivity contribution in [1.29, 1.82) is 5.26 Å². The number of carbonyl (C=O) groups excluding carboxylic acids is 1. The molecule has 13 heavy (non-hydrogen) atoms. The van der Waals surface area contributed by atoms with Crippen LogP contribution in [0.15, 0.2) is 24.3 Å². The summed E-state index contributed by atoms with van der Waals surface area (Å²) in [4.78, 5) is 15.7. The van der Waals surface area contributed by atoms with Crippen LogP contribution >= 0.6 is 0 Å². The van der Waals surface area contributed by atoms with Gasteiger partial charge in [-0.1, -0.05) is 12.1 Å². The van der Waals surface area contributed by atoms with E-state index in [0.29, 0.717) is 5.56 Å². The standard InChI is InChI=1S/C9H8N2O2/c1-11-13-9(12)8-5-3-2-4-7(8)6-10/h2-5,11H,1H3. The third kappa shape index (κ3) is 2.04. The molecule has 66 valence electrons. The van der Waals surface area contributed by atoms with Crippen LogP contribution in [0.2, 0.25) is 0 Å². The average molecular weight is 176 g/mol. The van der Waals surface area contributed by atoms with Crippen molar-refractivity contribution in [2.75, 3.05) is 7.05 Å². The Balaban J connectivity index is 3.01. The highest BCUT2D eigenvalue weighted by molar-refractivity contribution is 5.91. The summed E-state index contributed by atoms with van der Waals surface area (Å²) in [5.74, 6) is -0.556. The highest BCUT2D eigenvalue weighted by atomic mass is 16.7. The molecule has 0 heterocycles. The third-order valence-electron chi connectivity index (χ3n) is 1.46. The highest BCUT2D eigenvalue weighted by Crippen LogP contribution is 2.07. The molecule has 1 N–H and O–H groups in total. The van der Waals surface area contributed by atoms with Gasteiger partial charge in [-0.2, -0.15) is 10.7 Å².